The molecule has 0 saturated carbocycles. The maximum absolute atomic E-state index is 13.1. The third kappa shape index (κ3) is 1.16. The van der Waals surface area contributed by atoms with E-state index in [4.69, 9.17) is 4.74 Å². The van der Waals surface area contributed by atoms with Crippen molar-refractivity contribution in [3.63, 3.8) is 0 Å². The molecule has 0 aliphatic heterocycles. The van der Waals surface area contributed by atoms with E-state index in [1.807, 2.05) is 18.3 Å². The summed E-state index contributed by atoms with van der Waals surface area (Å²) in [6, 6.07) is 8.27. The van der Waals surface area contributed by atoms with Gasteiger partial charge in [0.05, 0.1) is 12.6 Å². The van der Waals surface area contributed by atoms with E-state index in [9.17, 15) is 4.39 Å². The number of hydrogen-bond acceptors (Lipinski definition) is 2. The normalized spacial score (nSPS) is 11.1. The Morgan fingerprint density at radius 2 is 2.19 bits per heavy atom. The molecular weight excluding hydrogens is 207 g/mol. The molecular formula is C12H9FN2O. The summed E-state index contributed by atoms with van der Waals surface area (Å²) in [5, 5.41) is 5.17. The summed E-state index contributed by atoms with van der Waals surface area (Å²) < 4.78 is 20.0. The second-order valence-electron chi connectivity index (χ2n) is 3.53. The minimum Gasteiger partial charge on any atom is -0.494 e. The molecule has 0 atom stereocenters. The van der Waals surface area contributed by atoms with Crippen molar-refractivity contribution in [3.05, 3.63) is 42.3 Å². The SMILES string of the molecule is COc1cccn2nc3cc(F)ccc3c12. The Morgan fingerprint density at radius 3 is 3.00 bits per heavy atom. The molecule has 3 nitrogen and oxygen atoms in total. The molecule has 3 aromatic rings. The standard InChI is InChI=1S/C12H9FN2O/c1-16-11-3-2-6-15-12(11)9-5-4-8(13)7-10(9)14-15/h2-7H,1H3. The van der Waals surface area contributed by atoms with E-state index in [1.165, 1.54) is 12.1 Å². The Hall–Kier alpha value is -2.10. The van der Waals surface area contributed by atoms with Crippen molar-refractivity contribution >= 4 is 16.4 Å². The van der Waals surface area contributed by atoms with Crippen LogP contribution in [0.4, 0.5) is 4.39 Å². The lowest BCUT2D eigenvalue weighted by Crippen LogP contribution is -1.89. The highest BCUT2D eigenvalue weighted by molar-refractivity contribution is 5.97. The first-order chi connectivity index (χ1) is 7.79. The van der Waals surface area contributed by atoms with E-state index in [-0.39, 0.29) is 5.82 Å². The fourth-order valence-corrected chi connectivity index (χ4v) is 1.89. The third-order valence-corrected chi connectivity index (χ3v) is 2.59. The molecule has 0 amide bonds. The molecule has 0 fully saturated rings. The molecule has 0 N–H and O–H groups in total. The van der Waals surface area contributed by atoms with E-state index < -0.39 is 0 Å². The maximum Gasteiger partial charge on any atom is 0.145 e. The van der Waals surface area contributed by atoms with Gasteiger partial charge in [-0.2, -0.15) is 5.10 Å². The second kappa shape index (κ2) is 3.20. The number of aromatic nitrogens is 2. The molecule has 0 bridgehead atoms. The van der Waals surface area contributed by atoms with Crippen LogP contribution in [0.3, 0.4) is 0 Å². The number of benzene rings is 1. The Bertz CT molecular complexity index is 675. The van der Waals surface area contributed by atoms with E-state index in [0.717, 1.165) is 16.7 Å². The van der Waals surface area contributed by atoms with E-state index >= 15 is 0 Å². The van der Waals surface area contributed by atoms with Crippen LogP contribution < -0.4 is 4.74 Å². The van der Waals surface area contributed by atoms with Gasteiger partial charge in [-0.05, 0) is 24.3 Å². The zero-order chi connectivity index (χ0) is 11.1. The maximum atomic E-state index is 13.1. The molecule has 80 valence electrons. The van der Waals surface area contributed by atoms with Crippen LogP contribution in [0.2, 0.25) is 0 Å². The fraction of sp³-hybridized carbons (Fsp3) is 0.0833. The summed E-state index contributed by atoms with van der Waals surface area (Å²) in [5.41, 5.74) is 1.49. The number of rotatable bonds is 1. The Morgan fingerprint density at radius 1 is 1.31 bits per heavy atom. The summed E-state index contributed by atoms with van der Waals surface area (Å²) in [4.78, 5) is 0. The van der Waals surface area contributed by atoms with Gasteiger partial charge in [0.25, 0.3) is 0 Å². The molecule has 4 heteroatoms. The highest BCUT2D eigenvalue weighted by Crippen LogP contribution is 2.27. The zero-order valence-corrected chi connectivity index (χ0v) is 8.64. The van der Waals surface area contributed by atoms with Crippen LogP contribution in [0.15, 0.2) is 36.5 Å². The average Bonchev–Trinajstić information content (AvgIpc) is 2.65. The van der Waals surface area contributed by atoms with E-state index in [2.05, 4.69) is 5.10 Å². The van der Waals surface area contributed by atoms with E-state index in [1.54, 1.807) is 17.7 Å². The van der Waals surface area contributed by atoms with Gasteiger partial charge in [0, 0.05) is 17.6 Å². The van der Waals surface area contributed by atoms with Crippen molar-refractivity contribution in [2.45, 2.75) is 0 Å². The number of fused-ring (bicyclic) bond motifs is 3. The summed E-state index contributed by atoms with van der Waals surface area (Å²) >= 11 is 0. The smallest absolute Gasteiger partial charge is 0.145 e. The molecule has 1 aromatic carbocycles. The molecule has 0 spiro atoms. The molecule has 0 radical (unpaired) electrons. The van der Waals surface area contributed by atoms with Crippen LogP contribution in [0.25, 0.3) is 16.4 Å². The van der Waals surface area contributed by atoms with Gasteiger partial charge in [0.15, 0.2) is 0 Å². The van der Waals surface area contributed by atoms with Crippen molar-refractivity contribution in [3.8, 4) is 5.75 Å². The monoisotopic (exact) mass is 216 g/mol. The van der Waals surface area contributed by atoms with Gasteiger partial charge in [-0.1, -0.05) is 0 Å². The van der Waals surface area contributed by atoms with E-state index in [0.29, 0.717) is 5.52 Å². The largest absolute Gasteiger partial charge is 0.494 e. The minimum absolute atomic E-state index is 0.283. The van der Waals surface area contributed by atoms with Gasteiger partial charge in [0.1, 0.15) is 17.1 Å². The van der Waals surface area contributed by atoms with Crippen LogP contribution in [0.5, 0.6) is 5.75 Å². The molecule has 0 aliphatic carbocycles. The second-order valence-corrected chi connectivity index (χ2v) is 3.53. The first kappa shape index (κ1) is 9.15. The van der Waals surface area contributed by atoms with Crippen LogP contribution in [0.1, 0.15) is 0 Å². The Balaban J connectivity index is 2.52. The molecule has 0 aliphatic rings. The summed E-state index contributed by atoms with van der Waals surface area (Å²) in [6.45, 7) is 0. The van der Waals surface area contributed by atoms with Gasteiger partial charge < -0.3 is 4.74 Å². The van der Waals surface area contributed by atoms with Crippen LogP contribution in [-0.2, 0) is 0 Å². The van der Waals surface area contributed by atoms with Gasteiger partial charge in [-0.3, -0.25) is 0 Å². The lowest BCUT2D eigenvalue weighted by molar-refractivity contribution is 0.418. The number of nitrogens with zero attached hydrogens (tertiary/aromatic N) is 2. The number of methoxy groups -OCH3 is 1. The van der Waals surface area contributed by atoms with Gasteiger partial charge in [-0.15, -0.1) is 0 Å². The summed E-state index contributed by atoms with van der Waals surface area (Å²) in [6.07, 6.45) is 1.82. The molecule has 2 aromatic heterocycles. The number of ether oxygens (including phenoxy) is 1. The van der Waals surface area contributed by atoms with Gasteiger partial charge >= 0.3 is 0 Å². The van der Waals surface area contributed by atoms with Crippen LogP contribution in [0, 0.1) is 5.82 Å². The van der Waals surface area contributed by atoms with Crippen LogP contribution >= 0.6 is 0 Å². The lowest BCUT2D eigenvalue weighted by atomic mass is 10.2. The van der Waals surface area contributed by atoms with Gasteiger partial charge in [-0.25, -0.2) is 8.91 Å². The number of halogens is 1. The first-order valence-corrected chi connectivity index (χ1v) is 4.90. The quantitative estimate of drug-likeness (QED) is 0.625. The zero-order valence-electron chi connectivity index (χ0n) is 8.64. The summed E-state index contributed by atoms with van der Waals surface area (Å²) in [7, 11) is 1.61. The highest BCUT2D eigenvalue weighted by atomic mass is 19.1. The first-order valence-electron chi connectivity index (χ1n) is 4.90. The van der Waals surface area contributed by atoms with Crippen molar-refractivity contribution in [1.29, 1.82) is 0 Å². The average molecular weight is 216 g/mol. The third-order valence-electron chi connectivity index (χ3n) is 2.59. The van der Waals surface area contributed by atoms with Crippen LogP contribution in [-0.4, -0.2) is 16.7 Å². The molecule has 3 rings (SSSR count). The summed E-state index contributed by atoms with van der Waals surface area (Å²) in [5.74, 6) is 0.450. The number of pyridine rings is 1. The fourth-order valence-electron chi connectivity index (χ4n) is 1.89. The molecule has 16 heavy (non-hydrogen) atoms. The molecule has 0 saturated heterocycles. The minimum atomic E-state index is -0.283. The van der Waals surface area contributed by atoms with Crippen molar-refractivity contribution in [2.24, 2.45) is 0 Å². The highest BCUT2D eigenvalue weighted by Gasteiger charge is 2.09. The molecule has 2 heterocycles. The van der Waals surface area contributed by atoms with Gasteiger partial charge in [0.2, 0.25) is 0 Å². The lowest BCUT2D eigenvalue weighted by Gasteiger charge is -2.01. The predicted molar refractivity (Wildman–Crippen MR) is 59.2 cm³/mol. The Kier molecular flexibility index (Phi) is 1.83. The van der Waals surface area contributed by atoms with Crippen molar-refractivity contribution in [2.75, 3.05) is 7.11 Å². The topological polar surface area (TPSA) is 26.5 Å². The van der Waals surface area contributed by atoms with Crippen molar-refractivity contribution in [1.82, 2.24) is 9.61 Å². The number of hydrogen-bond donors (Lipinski definition) is 0. The Labute approximate surface area is 91.1 Å². The molecule has 0 unspecified atom stereocenters. The van der Waals surface area contributed by atoms with Crippen molar-refractivity contribution < 1.29 is 9.13 Å². The predicted octanol–water partition coefficient (Wildman–Crippen LogP) is 2.64.